The van der Waals surface area contributed by atoms with Gasteiger partial charge in [0.1, 0.15) is 0 Å². The van der Waals surface area contributed by atoms with E-state index in [4.69, 9.17) is 5.11 Å². The first-order valence-corrected chi connectivity index (χ1v) is 8.25. The second-order valence-electron chi connectivity index (χ2n) is 5.55. The predicted octanol–water partition coefficient (Wildman–Crippen LogP) is 0.854. The van der Waals surface area contributed by atoms with Gasteiger partial charge < -0.3 is 10.0 Å². The van der Waals surface area contributed by atoms with Gasteiger partial charge in [-0.15, -0.1) is 0 Å². The fourth-order valence-electron chi connectivity index (χ4n) is 2.43. The van der Waals surface area contributed by atoms with Gasteiger partial charge in [-0.05, 0) is 18.3 Å². The Balaban J connectivity index is 2.48. The van der Waals surface area contributed by atoms with Crippen LogP contribution in [0.25, 0.3) is 0 Å². The van der Waals surface area contributed by atoms with Crippen LogP contribution in [0.5, 0.6) is 0 Å². The van der Waals surface area contributed by atoms with Gasteiger partial charge in [-0.2, -0.15) is 0 Å². The summed E-state index contributed by atoms with van der Waals surface area (Å²) in [7, 11) is -2.86. The Morgan fingerprint density at radius 2 is 1.83 bits per heavy atom. The summed E-state index contributed by atoms with van der Waals surface area (Å²) < 4.78 is 22.6. The van der Waals surface area contributed by atoms with E-state index in [-0.39, 0.29) is 23.8 Å². The van der Waals surface area contributed by atoms with Gasteiger partial charge in [-0.25, -0.2) is 8.42 Å². The van der Waals surface area contributed by atoms with E-state index < -0.39 is 15.8 Å². The van der Waals surface area contributed by atoms with Crippen molar-refractivity contribution in [2.75, 3.05) is 31.1 Å². The first kappa shape index (κ1) is 15.4. The Morgan fingerprint density at radius 1 is 1.28 bits per heavy atom. The van der Waals surface area contributed by atoms with E-state index in [9.17, 15) is 13.2 Å². The Labute approximate surface area is 109 Å². The summed E-state index contributed by atoms with van der Waals surface area (Å²) in [5.74, 6) is 0.208. The zero-order valence-corrected chi connectivity index (χ0v) is 11.9. The third kappa shape index (κ3) is 5.82. The molecular weight excluding hydrogens is 254 g/mol. The van der Waals surface area contributed by atoms with Crippen molar-refractivity contribution in [1.29, 1.82) is 0 Å². The topological polar surface area (TPSA) is 74.7 Å². The Bertz CT molecular complexity index is 364. The van der Waals surface area contributed by atoms with Crippen LogP contribution in [-0.2, 0) is 14.6 Å². The minimum absolute atomic E-state index is 0.114. The molecule has 0 bridgehead atoms. The van der Waals surface area contributed by atoms with E-state index in [0.29, 0.717) is 25.6 Å². The highest BCUT2D eigenvalue weighted by molar-refractivity contribution is 7.91. The van der Waals surface area contributed by atoms with E-state index in [1.165, 1.54) is 0 Å². The molecule has 0 aromatic rings. The van der Waals surface area contributed by atoms with Gasteiger partial charge in [-0.1, -0.05) is 13.8 Å². The number of sulfone groups is 1. The van der Waals surface area contributed by atoms with Crippen molar-refractivity contribution in [2.24, 2.45) is 11.8 Å². The van der Waals surface area contributed by atoms with E-state index in [1.807, 2.05) is 0 Å². The van der Waals surface area contributed by atoms with Crippen molar-refractivity contribution in [1.82, 2.24) is 4.90 Å². The molecule has 1 atom stereocenters. The molecule has 0 spiro atoms. The van der Waals surface area contributed by atoms with Crippen molar-refractivity contribution in [3.8, 4) is 0 Å². The van der Waals surface area contributed by atoms with Gasteiger partial charge in [0.05, 0.1) is 11.5 Å². The van der Waals surface area contributed by atoms with E-state index >= 15 is 0 Å². The van der Waals surface area contributed by atoms with Crippen molar-refractivity contribution in [3.05, 3.63) is 0 Å². The second-order valence-corrected chi connectivity index (χ2v) is 7.85. The van der Waals surface area contributed by atoms with Gasteiger partial charge in [0.25, 0.3) is 0 Å². The Hall–Kier alpha value is -0.620. The van der Waals surface area contributed by atoms with Crippen LogP contribution in [0.3, 0.4) is 0 Å². The van der Waals surface area contributed by atoms with Crippen LogP contribution in [0.2, 0.25) is 0 Å². The fourth-order valence-corrected chi connectivity index (χ4v) is 3.71. The molecule has 1 heterocycles. The zero-order chi connectivity index (χ0) is 13.8. The number of carboxylic acids is 1. The van der Waals surface area contributed by atoms with Crippen molar-refractivity contribution < 1.29 is 18.3 Å². The summed E-state index contributed by atoms with van der Waals surface area (Å²) in [4.78, 5) is 12.9. The molecule has 1 aliphatic heterocycles. The molecule has 18 heavy (non-hydrogen) atoms. The minimum Gasteiger partial charge on any atom is -0.481 e. The summed E-state index contributed by atoms with van der Waals surface area (Å²) >= 11 is 0. The third-order valence-electron chi connectivity index (χ3n) is 3.22. The molecule has 1 unspecified atom stereocenters. The highest BCUT2D eigenvalue weighted by Crippen LogP contribution is 2.18. The van der Waals surface area contributed by atoms with E-state index in [2.05, 4.69) is 18.7 Å². The van der Waals surface area contributed by atoms with Crippen LogP contribution in [0, 0.1) is 11.8 Å². The Kier molecular flexibility index (Phi) is 5.59. The van der Waals surface area contributed by atoms with Crippen molar-refractivity contribution in [2.45, 2.75) is 26.7 Å². The average Bonchev–Trinajstić information content (AvgIpc) is 2.19. The molecular formula is C12H23NO4S. The molecule has 1 N–H and O–H groups in total. The molecule has 0 radical (unpaired) electrons. The fraction of sp³-hybridized carbons (Fsp3) is 0.917. The molecule has 1 aliphatic rings. The maximum Gasteiger partial charge on any atom is 0.303 e. The van der Waals surface area contributed by atoms with Crippen LogP contribution >= 0.6 is 0 Å². The lowest BCUT2D eigenvalue weighted by atomic mass is 9.93. The first-order valence-electron chi connectivity index (χ1n) is 6.43. The van der Waals surface area contributed by atoms with Crippen LogP contribution in [0.1, 0.15) is 26.7 Å². The molecule has 106 valence electrons. The van der Waals surface area contributed by atoms with Gasteiger partial charge >= 0.3 is 5.97 Å². The lowest BCUT2D eigenvalue weighted by molar-refractivity contribution is -0.138. The van der Waals surface area contributed by atoms with E-state index in [0.717, 1.165) is 6.42 Å². The Morgan fingerprint density at radius 3 is 2.28 bits per heavy atom. The average molecular weight is 277 g/mol. The molecule has 6 heteroatoms. The summed E-state index contributed by atoms with van der Waals surface area (Å²) in [6.07, 6.45) is 1.04. The third-order valence-corrected chi connectivity index (χ3v) is 4.83. The number of rotatable bonds is 6. The van der Waals surface area contributed by atoms with Gasteiger partial charge in [0.2, 0.25) is 0 Å². The smallest absolute Gasteiger partial charge is 0.303 e. The number of carboxylic acid groups (broad SMARTS) is 1. The van der Waals surface area contributed by atoms with Crippen molar-refractivity contribution in [3.63, 3.8) is 0 Å². The highest BCUT2D eigenvalue weighted by Gasteiger charge is 2.25. The summed E-state index contributed by atoms with van der Waals surface area (Å²) in [6, 6.07) is 0. The monoisotopic (exact) mass is 277 g/mol. The molecule has 1 saturated heterocycles. The maximum absolute atomic E-state index is 11.3. The molecule has 0 amide bonds. The standard InChI is InChI=1S/C12H23NO4S/c1-10(2)7-11(8-12(14)15)9-13-3-5-18(16,17)6-4-13/h10-11H,3-9H2,1-2H3,(H,14,15). The molecule has 0 aromatic carbocycles. The number of carbonyl (C=O) groups is 1. The quantitative estimate of drug-likeness (QED) is 0.779. The number of hydrogen-bond acceptors (Lipinski definition) is 4. The van der Waals surface area contributed by atoms with E-state index in [1.54, 1.807) is 0 Å². The van der Waals surface area contributed by atoms with Crippen molar-refractivity contribution >= 4 is 15.8 Å². The molecule has 0 aromatic heterocycles. The molecule has 1 fully saturated rings. The highest BCUT2D eigenvalue weighted by atomic mass is 32.2. The molecule has 1 rings (SSSR count). The van der Waals surface area contributed by atoms with Gasteiger partial charge in [0, 0.05) is 26.1 Å². The minimum atomic E-state index is -2.86. The second kappa shape index (κ2) is 6.52. The largest absolute Gasteiger partial charge is 0.481 e. The van der Waals surface area contributed by atoms with Crippen LogP contribution in [0.4, 0.5) is 0 Å². The lowest BCUT2D eigenvalue weighted by Gasteiger charge is -2.30. The first-order chi connectivity index (χ1) is 8.28. The number of nitrogens with zero attached hydrogens (tertiary/aromatic N) is 1. The molecule has 0 saturated carbocycles. The van der Waals surface area contributed by atoms with Crippen LogP contribution in [0.15, 0.2) is 0 Å². The predicted molar refractivity (Wildman–Crippen MR) is 70.3 cm³/mol. The summed E-state index contributed by atoms with van der Waals surface area (Å²) in [6.45, 7) is 5.93. The van der Waals surface area contributed by atoms with Crippen LogP contribution < -0.4 is 0 Å². The zero-order valence-electron chi connectivity index (χ0n) is 11.1. The van der Waals surface area contributed by atoms with Crippen LogP contribution in [-0.4, -0.2) is 55.5 Å². The summed E-state index contributed by atoms with van der Waals surface area (Å²) in [5, 5.41) is 8.89. The molecule has 0 aliphatic carbocycles. The SMILES string of the molecule is CC(C)CC(CC(=O)O)CN1CCS(=O)(=O)CC1. The normalized spacial score (nSPS) is 21.9. The number of hydrogen-bond donors (Lipinski definition) is 1. The van der Waals surface area contributed by atoms with Gasteiger partial charge in [0.15, 0.2) is 9.84 Å². The lowest BCUT2D eigenvalue weighted by Crippen LogP contribution is -2.43. The van der Waals surface area contributed by atoms with Gasteiger partial charge in [-0.3, -0.25) is 4.79 Å². The maximum atomic E-state index is 11.3. The number of aliphatic carboxylic acids is 1. The summed E-state index contributed by atoms with van der Waals surface area (Å²) in [5.41, 5.74) is 0. The molecule has 5 nitrogen and oxygen atoms in total.